The molecule has 8 heteroatoms. The fourth-order valence-corrected chi connectivity index (χ4v) is 3.92. The Morgan fingerprint density at radius 1 is 1.19 bits per heavy atom. The van der Waals surface area contributed by atoms with Crippen molar-refractivity contribution in [1.82, 2.24) is 25.7 Å². The molecule has 0 spiro atoms. The molecule has 1 aliphatic heterocycles. The first-order valence-electron chi connectivity index (χ1n) is 9.82. The number of nitrogens with one attached hydrogen (secondary N) is 2. The normalized spacial score (nSPS) is 20.6. The second-order valence-corrected chi connectivity index (χ2v) is 7.17. The fourth-order valence-electron chi connectivity index (χ4n) is 3.92. The highest BCUT2D eigenvalue weighted by atomic mass is 127. The highest BCUT2D eigenvalue weighted by molar-refractivity contribution is 14.0. The van der Waals surface area contributed by atoms with E-state index >= 15 is 0 Å². The van der Waals surface area contributed by atoms with Gasteiger partial charge in [-0.15, -0.1) is 24.0 Å². The van der Waals surface area contributed by atoms with Crippen LogP contribution in [-0.4, -0.2) is 52.7 Å². The van der Waals surface area contributed by atoms with Crippen LogP contribution in [0.3, 0.4) is 0 Å². The molecular formula is C18H33IN6O. The Labute approximate surface area is 173 Å². The topological polar surface area (TPSA) is 78.6 Å². The van der Waals surface area contributed by atoms with Gasteiger partial charge in [-0.05, 0) is 32.6 Å². The smallest absolute Gasteiger partial charge is 0.223 e. The molecule has 1 saturated carbocycles. The van der Waals surface area contributed by atoms with Crippen molar-refractivity contribution in [2.45, 2.75) is 77.4 Å². The molecule has 0 radical (unpaired) electrons. The number of halogens is 1. The van der Waals surface area contributed by atoms with Crippen molar-refractivity contribution in [2.75, 3.05) is 19.6 Å². The van der Waals surface area contributed by atoms with E-state index in [1.807, 2.05) is 0 Å². The largest absolute Gasteiger partial charge is 0.357 e. The van der Waals surface area contributed by atoms with Crippen LogP contribution < -0.4 is 10.6 Å². The molecule has 0 amide bonds. The number of likely N-dealkylation sites (tertiary alicyclic amines) is 1. The number of hydrogen-bond donors (Lipinski definition) is 2. The summed E-state index contributed by atoms with van der Waals surface area (Å²) in [5.41, 5.74) is 0. The number of nitrogens with zero attached hydrogens (tertiary/aromatic N) is 4. The van der Waals surface area contributed by atoms with Crippen LogP contribution in [-0.2, 0) is 6.54 Å². The maximum atomic E-state index is 5.00. The Kier molecular flexibility index (Phi) is 9.10. The summed E-state index contributed by atoms with van der Waals surface area (Å²) in [6, 6.07) is 1.32. The Bertz CT molecular complexity index is 550. The van der Waals surface area contributed by atoms with Crippen LogP contribution in [0.15, 0.2) is 9.52 Å². The molecule has 2 aliphatic rings. The maximum Gasteiger partial charge on any atom is 0.223 e. The summed E-state index contributed by atoms with van der Waals surface area (Å²) < 4.78 is 5.00. The van der Waals surface area contributed by atoms with E-state index in [4.69, 9.17) is 4.52 Å². The molecule has 0 bridgehead atoms. The maximum absolute atomic E-state index is 5.00. The molecule has 3 rings (SSSR count). The second-order valence-electron chi connectivity index (χ2n) is 7.17. The van der Waals surface area contributed by atoms with Crippen molar-refractivity contribution >= 4 is 29.9 Å². The minimum Gasteiger partial charge on any atom is -0.357 e. The lowest BCUT2D eigenvalue weighted by molar-refractivity contribution is 0.119. The van der Waals surface area contributed by atoms with Crippen LogP contribution >= 0.6 is 24.0 Å². The van der Waals surface area contributed by atoms with E-state index in [-0.39, 0.29) is 24.0 Å². The number of aromatic nitrogens is 2. The summed E-state index contributed by atoms with van der Waals surface area (Å²) in [5, 5.41) is 10.8. The summed E-state index contributed by atoms with van der Waals surface area (Å²) in [6.07, 6.45) is 9.41. The van der Waals surface area contributed by atoms with Crippen molar-refractivity contribution in [3.05, 3.63) is 11.7 Å². The van der Waals surface area contributed by atoms with E-state index < -0.39 is 0 Å². The number of hydrogen-bond acceptors (Lipinski definition) is 5. The van der Waals surface area contributed by atoms with Crippen molar-refractivity contribution in [1.29, 1.82) is 0 Å². The van der Waals surface area contributed by atoms with Crippen LogP contribution in [0.2, 0.25) is 0 Å². The average Bonchev–Trinajstić information content (AvgIpc) is 3.07. The number of guanidine groups is 1. The summed E-state index contributed by atoms with van der Waals surface area (Å²) >= 11 is 0. The standard InChI is InChI=1S/C18H32N6O.HI/c1-3-19-18(20-13-17-21-14(2)25-23-17)22-15-9-11-24(12-10-15)16-7-5-4-6-8-16;/h15-16H,3-13H2,1-2H3,(H2,19,20,22);1H. The van der Waals surface area contributed by atoms with E-state index in [1.54, 1.807) is 6.92 Å². The van der Waals surface area contributed by atoms with Crippen molar-refractivity contribution < 1.29 is 4.52 Å². The van der Waals surface area contributed by atoms with Gasteiger partial charge in [0, 0.05) is 38.6 Å². The van der Waals surface area contributed by atoms with Gasteiger partial charge in [0.15, 0.2) is 11.8 Å². The monoisotopic (exact) mass is 476 g/mol. The van der Waals surface area contributed by atoms with Gasteiger partial charge in [0.2, 0.25) is 5.89 Å². The Hall–Kier alpha value is -0.900. The minimum atomic E-state index is 0. The van der Waals surface area contributed by atoms with Crippen LogP contribution in [0.4, 0.5) is 0 Å². The molecule has 0 aromatic carbocycles. The average molecular weight is 476 g/mol. The minimum absolute atomic E-state index is 0. The fraction of sp³-hybridized carbons (Fsp3) is 0.833. The first-order valence-corrected chi connectivity index (χ1v) is 9.82. The Balaban J connectivity index is 0.00000243. The highest BCUT2D eigenvalue weighted by Crippen LogP contribution is 2.25. The van der Waals surface area contributed by atoms with Crippen molar-refractivity contribution in [3.8, 4) is 0 Å². The molecule has 1 aromatic rings. The third-order valence-electron chi connectivity index (χ3n) is 5.25. The zero-order valence-corrected chi connectivity index (χ0v) is 18.4. The van der Waals surface area contributed by atoms with Gasteiger partial charge in [-0.3, -0.25) is 0 Å². The molecule has 2 N–H and O–H groups in total. The van der Waals surface area contributed by atoms with Gasteiger partial charge in [0.25, 0.3) is 0 Å². The molecular weight excluding hydrogens is 443 g/mol. The lowest BCUT2D eigenvalue weighted by atomic mass is 9.92. The molecule has 7 nitrogen and oxygen atoms in total. The third kappa shape index (κ3) is 6.37. The number of piperidine rings is 1. The molecule has 1 aromatic heterocycles. The van der Waals surface area contributed by atoms with Crippen molar-refractivity contribution in [3.63, 3.8) is 0 Å². The van der Waals surface area contributed by atoms with Gasteiger partial charge < -0.3 is 20.1 Å². The van der Waals surface area contributed by atoms with Crippen LogP contribution in [0.1, 0.15) is 63.6 Å². The summed E-state index contributed by atoms with van der Waals surface area (Å²) in [7, 11) is 0. The SMILES string of the molecule is CCNC(=NCc1noc(C)n1)NC1CCN(C2CCCCC2)CC1.I. The molecule has 1 saturated heterocycles. The van der Waals surface area contributed by atoms with Crippen LogP contribution in [0, 0.1) is 6.92 Å². The quantitative estimate of drug-likeness (QED) is 0.387. The summed E-state index contributed by atoms with van der Waals surface area (Å²) in [4.78, 5) is 11.5. The van der Waals surface area contributed by atoms with Gasteiger partial charge in [0.05, 0.1) is 0 Å². The van der Waals surface area contributed by atoms with Gasteiger partial charge in [-0.1, -0.05) is 24.4 Å². The predicted octanol–water partition coefficient (Wildman–Crippen LogP) is 2.85. The van der Waals surface area contributed by atoms with Gasteiger partial charge in [0.1, 0.15) is 6.54 Å². The van der Waals surface area contributed by atoms with Gasteiger partial charge in [-0.2, -0.15) is 4.98 Å². The van der Waals surface area contributed by atoms with E-state index in [9.17, 15) is 0 Å². The predicted molar refractivity (Wildman–Crippen MR) is 114 cm³/mol. The van der Waals surface area contributed by atoms with Crippen molar-refractivity contribution in [2.24, 2.45) is 4.99 Å². The Morgan fingerprint density at radius 3 is 2.54 bits per heavy atom. The molecule has 0 unspecified atom stereocenters. The number of aliphatic imine (C=N–C) groups is 1. The molecule has 0 atom stereocenters. The van der Waals surface area contributed by atoms with Gasteiger partial charge >= 0.3 is 0 Å². The van der Waals surface area contributed by atoms with E-state index in [0.29, 0.717) is 24.3 Å². The van der Waals surface area contributed by atoms with Crippen LogP contribution in [0.5, 0.6) is 0 Å². The summed E-state index contributed by atoms with van der Waals surface area (Å²) in [6.45, 7) is 7.56. The molecule has 2 heterocycles. The van der Waals surface area contributed by atoms with E-state index in [1.165, 1.54) is 58.0 Å². The zero-order chi connectivity index (χ0) is 17.5. The van der Waals surface area contributed by atoms with E-state index in [2.05, 4.69) is 37.6 Å². The Morgan fingerprint density at radius 2 is 1.92 bits per heavy atom. The zero-order valence-electron chi connectivity index (χ0n) is 16.0. The second kappa shape index (κ2) is 11.1. The third-order valence-corrected chi connectivity index (χ3v) is 5.25. The highest BCUT2D eigenvalue weighted by Gasteiger charge is 2.26. The first kappa shape index (κ1) is 21.4. The van der Waals surface area contributed by atoms with E-state index in [0.717, 1.165) is 18.5 Å². The number of rotatable bonds is 5. The van der Waals surface area contributed by atoms with Crippen LogP contribution in [0.25, 0.3) is 0 Å². The molecule has 2 fully saturated rings. The molecule has 148 valence electrons. The first-order chi connectivity index (χ1) is 12.2. The summed E-state index contributed by atoms with van der Waals surface area (Å²) in [5.74, 6) is 2.06. The number of aryl methyl sites for hydroxylation is 1. The molecule has 26 heavy (non-hydrogen) atoms. The molecule has 1 aliphatic carbocycles. The van der Waals surface area contributed by atoms with Gasteiger partial charge in [-0.25, -0.2) is 4.99 Å². The lowest BCUT2D eigenvalue weighted by Crippen LogP contribution is -2.51. The lowest BCUT2D eigenvalue weighted by Gasteiger charge is -2.39.